The summed E-state index contributed by atoms with van der Waals surface area (Å²) in [6.45, 7) is 4.40. The number of likely N-dealkylation sites (tertiary alicyclic amines) is 1. The van der Waals surface area contributed by atoms with E-state index in [9.17, 15) is 9.18 Å². The van der Waals surface area contributed by atoms with Gasteiger partial charge in [-0.25, -0.2) is 19.3 Å². The lowest BCUT2D eigenvalue weighted by atomic mass is 10.1. The van der Waals surface area contributed by atoms with Crippen LogP contribution >= 0.6 is 11.6 Å². The molecular weight excluding hydrogens is 385 g/mol. The lowest BCUT2D eigenvalue weighted by Gasteiger charge is -2.37. The van der Waals surface area contributed by atoms with Crippen molar-refractivity contribution >= 4 is 40.0 Å². The third-order valence-corrected chi connectivity index (χ3v) is 4.57. The number of carbonyl (C=O) groups is 1. The summed E-state index contributed by atoms with van der Waals surface area (Å²) in [5.74, 6) is -0.0131. The van der Waals surface area contributed by atoms with E-state index in [0.717, 1.165) is 0 Å². The summed E-state index contributed by atoms with van der Waals surface area (Å²) in [5.41, 5.74) is 1.18. The van der Waals surface area contributed by atoms with Crippen molar-refractivity contribution in [2.45, 2.75) is 6.10 Å². The maximum absolute atomic E-state index is 14.2. The Morgan fingerprint density at radius 3 is 2.93 bits per heavy atom. The molecule has 9 heteroatoms. The average Bonchev–Trinajstić information content (AvgIpc) is 2.67. The van der Waals surface area contributed by atoms with Crippen molar-refractivity contribution in [2.75, 3.05) is 18.4 Å². The van der Waals surface area contributed by atoms with Crippen LogP contribution in [-0.2, 0) is 4.79 Å². The number of benzene rings is 1. The number of rotatable bonds is 5. The van der Waals surface area contributed by atoms with Crippen LogP contribution in [0.1, 0.15) is 0 Å². The quantitative estimate of drug-likeness (QED) is 0.663. The second-order valence-electron chi connectivity index (χ2n) is 6.15. The second-order valence-corrected chi connectivity index (χ2v) is 6.56. The Bertz CT molecular complexity index is 1070. The van der Waals surface area contributed by atoms with Gasteiger partial charge in [0.2, 0.25) is 11.8 Å². The Hall–Kier alpha value is -3.26. The van der Waals surface area contributed by atoms with E-state index in [4.69, 9.17) is 16.3 Å². The van der Waals surface area contributed by atoms with Gasteiger partial charge >= 0.3 is 0 Å². The van der Waals surface area contributed by atoms with Crippen LogP contribution in [-0.4, -0.2) is 45.0 Å². The van der Waals surface area contributed by atoms with E-state index < -0.39 is 5.82 Å². The first-order valence-electron chi connectivity index (χ1n) is 8.46. The maximum Gasteiger partial charge on any atom is 0.246 e. The number of hydrogen-bond donors (Lipinski definition) is 1. The molecule has 1 aromatic carbocycles. The molecule has 0 radical (unpaired) electrons. The second kappa shape index (κ2) is 7.40. The van der Waals surface area contributed by atoms with Gasteiger partial charge in [-0.1, -0.05) is 24.2 Å². The van der Waals surface area contributed by atoms with E-state index in [0.29, 0.717) is 35.8 Å². The predicted octanol–water partition coefficient (Wildman–Crippen LogP) is 3.34. The molecule has 2 aromatic heterocycles. The Labute approximate surface area is 164 Å². The molecule has 0 bridgehead atoms. The SMILES string of the molecule is C=CC(=O)N1CC(Oc2ccc3ncnc(Nc4cccc(Cl)c4F)c3n2)C1. The molecule has 1 saturated heterocycles. The van der Waals surface area contributed by atoms with Crippen LogP contribution in [0.3, 0.4) is 0 Å². The van der Waals surface area contributed by atoms with Crippen LogP contribution in [0.5, 0.6) is 5.88 Å². The first kappa shape index (κ1) is 18.1. The van der Waals surface area contributed by atoms with Crippen LogP contribution in [0.15, 0.2) is 49.3 Å². The molecule has 0 spiro atoms. The third kappa shape index (κ3) is 3.46. The highest BCUT2D eigenvalue weighted by Gasteiger charge is 2.31. The topological polar surface area (TPSA) is 80.2 Å². The molecule has 3 heterocycles. The number of hydrogen-bond acceptors (Lipinski definition) is 6. The molecule has 142 valence electrons. The number of anilines is 2. The number of nitrogens with zero attached hydrogens (tertiary/aromatic N) is 4. The molecule has 0 aliphatic carbocycles. The van der Waals surface area contributed by atoms with Crippen LogP contribution in [0.25, 0.3) is 11.0 Å². The standard InChI is InChI=1S/C19H15ClFN5O2/c1-2-16(27)26-8-11(9-26)28-15-7-6-14-18(25-15)19(23-10-22-14)24-13-5-3-4-12(20)17(13)21/h2-7,10-11H,1,8-9H2,(H,22,23,24). The van der Waals surface area contributed by atoms with E-state index >= 15 is 0 Å². The van der Waals surface area contributed by atoms with E-state index in [1.807, 2.05) is 0 Å². The molecule has 0 saturated carbocycles. The molecule has 1 fully saturated rings. The van der Waals surface area contributed by atoms with E-state index in [2.05, 4.69) is 26.8 Å². The van der Waals surface area contributed by atoms with E-state index in [-0.39, 0.29) is 22.7 Å². The van der Waals surface area contributed by atoms with Gasteiger partial charge in [0.25, 0.3) is 0 Å². The smallest absolute Gasteiger partial charge is 0.246 e. The Morgan fingerprint density at radius 2 is 2.14 bits per heavy atom. The highest BCUT2D eigenvalue weighted by molar-refractivity contribution is 6.31. The maximum atomic E-state index is 14.2. The molecule has 7 nitrogen and oxygen atoms in total. The first-order chi connectivity index (χ1) is 13.5. The molecule has 0 atom stereocenters. The number of ether oxygens (including phenoxy) is 1. The number of halogens is 2. The van der Waals surface area contributed by atoms with E-state index in [1.165, 1.54) is 18.5 Å². The van der Waals surface area contributed by atoms with Gasteiger partial charge in [0, 0.05) is 6.07 Å². The van der Waals surface area contributed by atoms with Crippen molar-refractivity contribution in [1.29, 1.82) is 0 Å². The van der Waals surface area contributed by atoms with Gasteiger partial charge in [-0.05, 0) is 24.3 Å². The molecule has 1 aliphatic heterocycles. The van der Waals surface area contributed by atoms with Gasteiger partial charge < -0.3 is 15.0 Å². The zero-order chi connectivity index (χ0) is 19.7. The van der Waals surface area contributed by atoms with Crippen molar-refractivity contribution in [3.63, 3.8) is 0 Å². The van der Waals surface area contributed by atoms with Crippen molar-refractivity contribution in [2.24, 2.45) is 0 Å². The van der Waals surface area contributed by atoms with Crippen LogP contribution in [0, 0.1) is 5.82 Å². The zero-order valence-corrected chi connectivity index (χ0v) is 15.4. The summed E-state index contributed by atoms with van der Waals surface area (Å²) in [6, 6.07) is 8.08. The summed E-state index contributed by atoms with van der Waals surface area (Å²) >= 11 is 5.83. The molecule has 28 heavy (non-hydrogen) atoms. The molecule has 1 aliphatic rings. The Kier molecular flexibility index (Phi) is 4.79. The molecule has 1 amide bonds. The lowest BCUT2D eigenvalue weighted by Crippen LogP contribution is -2.55. The minimum absolute atomic E-state index is 0.00366. The molecular formula is C19H15ClFN5O2. The largest absolute Gasteiger partial charge is 0.471 e. The minimum atomic E-state index is -0.579. The molecule has 1 N–H and O–H groups in total. The fraction of sp³-hybridized carbons (Fsp3) is 0.158. The minimum Gasteiger partial charge on any atom is -0.471 e. The van der Waals surface area contributed by atoms with Gasteiger partial charge in [-0.2, -0.15) is 0 Å². The third-order valence-electron chi connectivity index (χ3n) is 4.28. The highest BCUT2D eigenvalue weighted by Crippen LogP contribution is 2.28. The van der Waals surface area contributed by atoms with Crippen LogP contribution in [0.4, 0.5) is 15.9 Å². The van der Waals surface area contributed by atoms with Gasteiger partial charge in [-0.3, -0.25) is 4.79 Å². The number of fused-ring (bicyclic) bond motifs is 1. The molecule has 3 aromatic rings. The number of carbonyl (C=O) groups excluding carboxylic acids is 1. The van der Waals surface area contributed by atoms with Crippen molar-refractivity contribution in [1.82, 2.24) is 19.9 Å². The van der Waals surface area contributed by atoms with Crippen molar-refractivity contribution < 1.29 is 13.9 Å². The lowest BCUT2D eigenvalue weighted by molar-refractivity contribution is -0.134. The fourth-order valence-electron chi connectivity index (χ4n) is 2.80. The first-order valence-corrected chi connectivity index (χ1v) is 8.83. The van der Waals surface area contributed by atoms with Gasteiger partial charge in [0.1, 0.15) is 17.9 Å². The predicted molar refractivity (Wildman–Crippen MR) is 103 cm³/mol. The van der Waals surface area contributed by atoms with Gasteiger partial charge in [-0.15, -0.1) is 0 Å². The molecule has 4 rings (SSSR count). The summed E-state index contributed by atoms with van der Waals surface area (Å²) in [4.78, 5) is 25.9. The molecule has 0 unspecified atom stereocenters. The summed E-state index contributed by atoms with van der Waals surface area (Å²) in [6.07, 6.45) is 2.48. The van der Waals surface area contributed by atoms with Crippen molar-refractivity contribution in [3.8, 4) is 5.88 Å². The number of amides is 1. The number of pyridine rings is 1. The number of nitrogens with one attached hydrogen (secondary N) is 1. The number of aromatic nitrogens is 3. The summed E-state index contributed by atoms with van der Waals surface area (Å²) < 4.78 is 20.0. The monoisotopic (exact) mass is 399 g/mol. The van der Waals surface area contributed by atoms with Crippen LogP contribution in [0.2, 0.25) is 5.02 Å². The Morgan fingerprint density at radius 1 is 1.32 bits per heavy atom. The van der Waals surface area contributed by atoms with E-state index in [1.54, 1.807) is 29.2 Å². The summed E-state index contributed by atoms with van der Waals surface area (Å²) in [7, 11) is 0. The normalized spacial score (nSPS) is 13.9. The Balaban J connectivity index is 1.57. The zero-order valence-electron chi connectivity index (χ0n) is 14.6. The summed E-state index contributed by atoms with van der Waals surface area (Å²) in [5, 5.41) is 2.91. The fourth-order valence-corrected chi connectivity index (χ4v) is 2.97. The van der Waals surface area contributed by atoms with Gasteiger partial charge in [0.15, 0.2) is 11.6 Å². The highest BCUT2D eigenvalue weighted by atomic mass is 35.5. The van der Waals surface area contributed by atoms with Crippen LogP contribution < -0.4 is 10.1 Å². The van der Waals surface area contributed by atoms with Gasteiger partial charge in [0.05, 0.1) is 29.3 Å². The van der Waals surface area contributed by atoms with Crippen molar-refractivity contribution in [3.05, 3.63) is 60.2 Å². The average molecular weight is 400 g/mol.